The average Bonchev–Trinajstić information content (AvgIpc) is 2.59. The highest BCUT2D eigenvalue weighted by Crippen LogP contribution is 2.36. The van der Waals surface area contributed by atoms with Crippen molar-refractivity contribution in [1.29, 1.82) is 0 Å². The molecule has 0 saturated carbocycles. The summed E-state index contributed by atoms with van der Waals surface area (Å²) in [6.07, 6.45) is -10.2. The van der Waals surface area contributed by atoms with E-state index in [1.165, 1.54) is 12.1 Å². The molecule has 2 aromatic rings. The molecule has 2 rings (SSSR count). The molecule has 0 unspecified atom stereocenters. The largest absolute Gasteiger partial charge is 0.416 e. The van der Waals surface area contributed by atoms with Crippen LogP contribution in [0.5, 0.6) is 0 Å². The molecule has 0 aliphatic rings. The number of carbonyl (C=O) groups is 2. The van der Waals surface area contributed by atoms with Crippen molar-refractivity contribution in [3.63, 3.8) is 0 Å². The van der Waals surface area contributed by atoms with Gasteiger partial charge in [-0.3, -0.25) is 9.59 Å². The molecule has 11 heteroatoms. The van der Waals surface area contributed by atoms with E-state index in [4.69, 9.17) is 0 Å². The Morgan fingerprint density at radius 3 is 1.79 bits per heavy atom. The number of benzene rings is 2. The van der Waals surface area contributed by atoms with Gasteiger partial charge in [0.25, 0.3) is 5.91 Å². The van der Waals surface area contributed by atoms with E-state index in [0.717, 1.165) is 12.1 Å². The molecular weight excluding hydrogens is 397 g/mol. The average molecular weight is 408 g/mol. The molecule has 2 N–H and O–H groups in total. The molecule has 4 nitrogen and oxygen atoms in total. The molecule has 0 saturated heterocycles. The van der Waals surface area contributed by atoms with Gasteiger partial charge in [-0.25, -0.2) is 4.39 Å². The number of nitrogens with one attached hydrogen (secondary N) is 2. The Morgan fingerprint density at radius 2 is 1.32 bits per heavy atom. The van der Waals surface area contributed by atoms with Gasteiger partial charge in [0.2, 0.25) is 5.91 Å². The zero-order valence-electron chi connectivity index (χ0n) is 13.7. The van der Waals surface area contributed by atoms with Gasteiger partial charge < -0.3 is 10.6 Å². The SMILES string of the molecule is O=C(CNC(=O)c1cc(C(F)(F)F)cc(C(F)(F)F)c1)Nc1ccc(F)cc1. The molecule has 0 heterocycles. The van der Waals surface area contributed by atoms with Crippen LogP contribution in [0.1, 0.15) is 21.5 Å². The molecule has 0 bridgehead atoms. The van der Waals surface area contributed by atoms with E-state index in [1.54, 1.807) is 0 Å². The van der Waals surface area contributed by atoms with Crippen molar-refractivity contribution in [2.45, 2.75) is 12.4 Å². The van der Waals surface area contributed by atoms with Gasteiger partial charge in [-0.2, -0.15) is 26.3 Å². The van der Waals surface area contributed by atoms with Gasteiger partial charge in [-0.1, -0.05) is 0 Å². The van der Waals surface area contributed by atoms with Crippen molar-refractivity contribution in [2.75, 3.05) is 11.9 Å². The summed E-state index contributed by atoms with van der Waals surface area (Å²) in [5, 5.41) is 4.19. The molecular formula is C17H11F7N2O2. The van der Waals surface area contributed by atoms with Gasteiger partial charge in [0.15, 0.2) is 0 Å². The summed E-state index contributed by atoms with van der Waals surface area (Å²) in [7, 11) is 0. The van der Waals surface area contributed by atoms with Gasteiger partial charge in [-0.05, 0) is 42.5 Å². The predicted molar refractivity (Wildman–Crippen MR) is 83.8 cm³/mol. The summed E-state index contributed by atoms with van der Waals surface area (Å²) >= 11 is 0. The molecule has 0 atom stereocenters. The maximum absolute atomic E-state index is 12.8. The Kier molecular flexibility index (Phi) is 5.95. The Bertz CT molecular complexity index is 842. The van der Waals surface area contributed by atoms with E-state index in [-0.39, 0.29) is 23.9 Å². The van der Waals surface area contributed by atoms with Crippen molar-refractivity contribution < 1.29 is 40.3 Å². The van der Waals surface area contributed by atoms with Crippen LogP contribution < -0.4 is 10.6 Å². The van der Waals surface area contributed by atoms with Crippen molar-refractivity contribution in [2.24, 2.45) is 0 Å². The van der Waals surface area contributed by atoms with E-state index in [1.807, 2.05) is 5.32 Å². The minimum atomic E-state index is -5.10. The van der Waals surface area contributed by atoms with Crippen LogP contribution in [0, 0.1) is 5.82 Å². The topological polar surface area (TPSA) is 58.2 Å². The zero-order valence-corrected chi connectivity index (χ0v) is 13.7. The lowest BCUT2D eigenvalue weighted by Crippen LogP contribution is -2.33. The number of rotatable bonds is 4. The van der Waals surface area contributed by atoms with Crippen molar-refractivity contribution in [1.82, 2.24) is 5.32 Å². The second-order valence-corrected chi connectivity index (χ2v) is 5.53. The van der Waals surface area contributed by atoms with Gasteiger partial charge >= 0.3 is 12.4 Å². The van der Waals surface area contributed by atoms with Crippen LogP contribution in [-0.4, -0.2) is 18.4 Å². The highest BCUT2D eigenvalue weighted by molar-refractivity contribution is 5.99. The Balaban J connectivity index is 2.12. The highest BCUT2D eigenvalue weighted by atomic mass is 19.4. The molecule has 150 valence electrons. The fourth-order valence-electron chi connectivity index (χ4n) is 2.09. The van der Waals surface area contributed by atoms with Crippen molar-refractivity contribution in [3.8, 4) is 0 Å². The van der Waals surface area contributed by atoms with E-state index in [0.29, 0.717) is 0 Å². The van der Waals surface area contributed by atoms with Crippen molar-refractivity contribution >= 4 is 17.5 Å². The Hall–Kier alpha value is -3.11. The summed E-state index contributed by atoms with van der Waals surface area (Å²) in [6, 6.07) is 4.93. The molecule has 2 aromatic carbocycles. The molecule has 0 aromatic heterocycles. The van der Waals surface area contributed by atoms with E-state index in [9.17, 15) is 40.3 Å². The fraction of sp³-hybridized carbons (Fsp3) is 0.176. The minimum Gasteiger partial charge on any atom is -0.343 e. The lowest BCUT2D eigenvalue weighted by atomic mass is 10.0. The quantitative estimate of drug-likeness (QED) is 0.744. The van der Waals surface area contributed by atoms with Gasteiger partial charge in [-0.15, -0.1) is 0 Å². The number of alkyl halides is 6. The molecule has 2 amide bonds. The fourth-order valence-corrected chi connectivity index (χ4v) is 2.09. The molecule has 0 aliphatic heterocycles. The zero-order chi connectivity index (χ0) is 21.1. The van der Waals surface area contributed by atoms with Gasteiger partial charge in [0.05, 0.1) is 17.7 Å². The van der Waals surface area contributed by atoms with Crippen LogP contribution in [0.25, 0.3) is 0 Å². The minimum absolute atomic E-state index is 0.113. The first-order valence-electron chi connectivity index (χ1n) is 7.49. The number of halogens is 7. The third kappa shape index (κ3) is 5.69. The maximum atomic E-state index is 12.8. The number of carbonyl (C=O) groups excluding carboxylic acids is 2. The summed E-state index contributed by atoms with van der Waals surface area (Å²) in [5.74, 6) is -2.68. The third-order valence-electron chi connectivity index (χ3n) is 3.39. The number of amides is 2. The standard InChI is InChI=1S/C17H11F7N2O2/c18-12-1-3-13(4-2-12)26-14(27)8-25-15(28)9-5-10(16(19,20)21)7-11(6-9)17(22,23)24/h1-7H,8H2,(H,25,28)(H,26,27). The first-order valence-corrected chi connectivity index (χ1v) is 7.49. The maximum Gasteiger partial charge on any atom is 0.416 e. The van der Waals surface area contributed by atoms with E-state index in [2.05, 4.69) is 5.32 Å². The summed E-state index contributed by atoms with van der Waals surface area (Å²) < 4.78 is 89.5. The van der Waals surface area contributed by atoms with Crippen LogP contribution in [-0.2, 0) is 17.1 Å². The van der Waals surface area contributed by atoms with Crippen LogP contribution in [0.15, 0.2) is 42.5 Å². The molecule has 0 fully saturated rings. The highest BCUT2D eigenvalue weighted by Gasteiger charge is 2.37. The molecule has 28 heavy (non-hydrogen) atoms. The smallest absolute Gasteiger partial charge is 0.343 e. The first-order chi connectivity index (χ1) is 12.9. The normalized spacial score (nSPS) is 11.8. The lowest BCUT2D eigenvalue weighted by molar-refractivity contribution is -0.143. The van der Waals surface area contributed by atoms with Crippen LogP contribution in [0.3, 0.4) is 0 Å². The predicted octanol–water partition coefficient (Wildman–Crippen LogP) is 4.23. The number of hydrogen-bond donors (Lipinski definition) is 2. The summed E-state index contributed by atoms with van der Waals surface area (Å²) in [5.41, 5.74) is -4.03. The lowest BCUT2D eigenvalue weighted by Gasteiger charge is -2.14. The first kappa shape index (κ1) is 21.2. The Labute approximate surface area is 153 Å². The molecule has 0 aliphatic carbocycles. The van der Waals surface area contributed by atoms with Gasteiger partial charge in [0, 0.05) is 11.3 Å². The van der Waals surface area contributed by atoms with Crippen LogP contribution >= 0.6 is 0 Å². The summed E-state index contributed by atoms with van der Waals surface area (Å²) in [4.78, 5) is 23.6. The summed E-state index contributed by atoms with van der Waals surface area (Å²) in [6.45, 7) is -0.728. The van der Waals surface area contributed by atoms with Gasteiger partial charge in [0.1, 0.15) is 5.82 Å². The second kappa shape index (κ2) is 7.87. The van der Waals surface area contributed by atoms with E-state index < -0.39 is 53.2 Å². The number of anilines is 1. The van der Waals surface area contributed by atoms with Crippen LogP contribution in [0.4, 0.5) is 36.4 Å². The second-order valence-electron chi connectivity index (χ2n) is 5.53. The number of hydrogen-bond acceptors (Lipinski definition) is 2. The molecule has 0 spiro atoms. The molecule has 0 radical (unpaired) electrons. The Morgan fingerprint density at radius 1 is 0.821 bits per heavy atom. The van der Waals surface area contributed by atoms with Crippen molar-refractivity contribution in [3.05, 3.63) is 65.0 Å². The van der Waals surface area contributed by atoms with E-state index >= 15 is 0 Å². The third-order valence-corrected chi connectivity index (χ3v) is 3.39. The monoisotopic (exact) mass is 408 g/mol. The van der Waals surface area contributed by atoms with Crippen LogP contribution in [0.2, 0.25) is 0 Å².